The molecule has 2 heterocycles. The van der Waals surface area contributed by atoms with Crippen LogP contribution in [0.15, 0.2) is 22.8 Å². The molecule has 0 spiro atoms. The van der Waals surface area contributed by atoms with Gasteiger partial charge in [0.1, 0.15) is 0 Å². The van der Waals surface area contributed by atoms with Crippen LogP contribution in [0.25, 0.3) is 10.9 Å². The number of carbonyl (C=O) groups excluding carboxylic acids is 1. The first-order valence-corrected chi connectivity index (χ1v) is 10.4. The molecule has 2 N–H and O–H groups in total. The molecule has 140 valence electrons. The Labute approximate surface area is 163 Å². The Kier molecular flexibility index (Phi) is 4.73. The normalized spacial score (nSPS) is 25.2. The van der Waals surface area contributed by atoms with Crippen molar-refractivity contribution >= 4 is 32.9 Å². The molecule has 4 rings (SSSR count). The minimum Gasteiger partial charge on any atom is -0.349 e. The van der Waals surface area contributed by atoms with Crippen LogP contribution in [0.3, 0.4) is 0 Å². The number of likely N-dealkylation sites (tertiary alicyclic amines) is 1. The van der Waals surface area contributed by atoms with Crippen LogP contribution < -0.4 is 5.32 Å². The average molecular weight is 419 g/mol. The lowest BCUT2D eigenvalue weighted by molar-refractivity contribution is 0.124. The number of H-pyrrole nitrogens is 1. The van der Waals surface area contributed by atoms with E-state index >= 15 is 0 Å². The zero-order valence-electron chi connectivity index (χ0n) is 15.7. The van der Waals surface area contributed by atoms with Crippen molar-refractivity contribution in [3.05, 3.63) is 33.9 Å². The molecular formula is C20H27BrN4O. The van der Waals surface area contributed by atoms with Gasteiger partial charge in [-0.15, -0.1) is 0 Å². The number of likely N-dealkylation sites (N-methyl/N-ethyl adjacent to an activating group) is 1. The number of piperidine rings is 1. The smallest absolute Gasteiger partial charge is 0.317 e. The number of aromatic nitrogens is 1. The Balaban J connectivity index is 1.63. The number of hydrogen-bond acceptors (Lipinski definition) is 2. The molecule has 26 heavy (non-hydrogen) atoms. The number of aromatic amines is 1. The number of halogens is 1. The Bertz CT molecular complexity index is 829. The fourth-order valence-electron chi connectivity index (χ4n) is 4.87. The summed E-state index contributed by atoms with van der Waals surface area (Å²) in [6, 6.07) is 7.30. The lowest BCUT2D eigenvalue weighted by atomic mass is 9.74. The summed E-state index contributed by atoms with van der Waals surface area (Å²) < 4.78 is 1.11. The molecule has 1 fully saturated rings. The predicted octanol–water partition coefficient (Wildman–Crippen LogP) is 3.69. The van der Waals surface area contributed by atoms with Gasteiger partial charge in [0.25, 0.3) is 0 Å². The molecule has 2 aliphatic rings. The van der Waals surface area contributed by atoms with Crippen LogP contribution in [-0.2, 0) is 6.42 Å². The molecule has 0 saturated carbocycles. The highest BCUT2D eigenvalue weighted by atomic mass is 79.9. The number of nitrogens with one attached hydrogen (secondary N) is 2. The summed E-state index contributed by atoms with van der Waals surface area (Å²) in [6.45, 7) is 6.45. The van der Waals surface area contributed by atoms with Gasteiger partial charge in [-0.05, 0) is 66.9 Å². The SMILES string of the molecule is CCN(CC)C(=O)N[C@H]1CC2c3cccc4[nH]c(Br)c(c34)CC2N(C)C1. The lowest BCUT2D eigenvalue weighted by Gasteiger charge is -2.46. The van der Waals surface area contributed by atoms with Gasteiger partial charge >= 0.3 is 6.03 Å². The Morgan fingerprint density at radius 1 is 1.38 bits per heavy atom. The van der Waals surface area contributed by atoms with Gasteiger partial charge in [-0.3, -0.25) is 0 Å². The van der Waals surface area contributed by atoms with Crippen molar-refractivity contribution in [3.63, 3.8) is 0 Å². The Morgan fingerprint density at radius 3 is 2.88 bits per heavy atom. The Hall–Kier alpha value is -1.53. The van der Waals surface area contributed by atoms with Crippen LogP contribution in [0.2, 0.25) is 0 Å². The number of urea groups is 1. The zero-order chi connectivity index (χ0) is 18.4. The van der Waals surface area contributed by atoms with Gasteiger partial charge in [-0.2, -0.15) is 0 Å². The Morgan fingerprint density at radius 2 is 2.15 bits per heavy atom. The van der Waals surface area contributed by atoms with Crippen molar-refractivity contribution in [2.75, 3.05) is 26.7 Å². The van der Waals surface area contributed by atoms with E-state index in [2.05, 4.69) is 56.4 Å². The molecule has 2 amide bonds. The number of fused-ring (bicyclic) bond motifs is 2. The molecule has 2 aromatic rings. The lowest BCUT2D eigenvalue weighted by Crippen LogP contribution is -2.56. The van der Waals surface area contributed by atoms with E-state index in [0.717, 1.165) is 37.1 Å². The molecule has 1 saturated heterocycles. The largest absolute Gasteiger partial charge is 0.349 e. The average Bonchev–Trinajstić information content (AvgIpc) is 2.94. The van der Waals surface area contributed by atoms with E-state index in [4.69, 9.17) is 0 Å². The maximum atomic E-state index is 12.5. The fraction of sp³-hybridized carbons (Fsp3) is 0.550. The van der Waals surface area contributed by atoms with Crippen LogP contribution in [0.1, 0.15) is 37.3 Å². The van der Waals surface area contributed by atoms with Gasteiger partial charge in [-0.1, -0.05) is 12.1 Å². The van der Waals surface area contributed by atoms with Gasteiger partial charge < -0.3 is 20.1 Å². The summed E-state index contributed by atoms with van der Waals surface area (Å²) in [5.74, 6) is 0.453. The van der Waals surface area contributed by atoms with Gasteiger partial charge in [0.15, 0.2) is 0 Å². The summed E-state index contributed by atoms with van der Waals surface area (Å²) in [4.78, 5) is 20.3. The summed E-state index contributed by atoms with van der Waals surface area (Å²) in [5.41, 5.74) is 4.03. The van der Waals surface area contributed by atoms with Crippen LogP contribution in [0.5, 0.6) is 0 Å². The van der Waals surface area contributed by atoms with E-state index in [1.807, 2.05) is 18.7 Å². The minimum absolute atomic E-state index is 0.0611. The van der Waals surface area contributed by atoms with Crippen molar-refractivity contribution in [2.45, 2.75) is 44.7 Å². The predicted molar refractivity (Wildman–Crippen MR) is 109 cm³/mol. The molecule has 0 bridgehead atoms. The molecule has 6 heteroatoms. The van der Waals surface area contributed by atoms with Crippen molar-refractivity contribution in [3.8, 4) is 0 Å². The van der Waals surface area contributed by atoms with Crippen molar-refractivity contribution < 1.29 is 4.79 Å². The summed E-state index contributed by atoms with van der Waals surface area (Å²) in [5, 5.41) is 4.65. The standard InChI is InChI=1S/C20H27BrN4O/c1-4-25(5-2)20(26)22-12-9-14-13-7-6-8-16-18(13)15(19(21)23-16)10-17(14)24(3)11-12/h6-8,12,14,17,23H,4-5,9-11H2,1-3H3,(H,22,26)/t12-,14?,17?/m0/s1. The number of benzene rings is 1. The number of amides is 2. The van der Waals surface area contributed by atoms with Crippen LogP contribution >= 0.6 is 15.9 Å². The van der Waals surface area contributed by atoms with Crippen molar-refractivity contribution in [1.82, 2.24) is 20.1 Å². The quantitative estimate of drug-likeness (QED) is 0.798. The van der Waals surface area contributed by atoms with Gasteiger partial charge in [-0.25, -0.2) is 4.79 Å². The van der Waals surface area contributed by atoms with E-state index in [0.29, 0.717) is 12.0 Å². The summed E-state index contributed by atoms with van der Waals surface area (Å²) in [6.07, 6.45) is 2.05. The highest BCUT2D eigenvalue weighted by molar-refractivity contribution is 9.10. The third kappa shape index (κ3) is 2.83. The number of carbonyl (C=O) groups is 1. The molecule has 3 atom stereocenters. The van der Waals surface area contributed by atoms with Crippen LogP contribution in [0.4, 0.5) is 4.79 Å². The number of hydrogen-bond donors (Lipinski definition) is 2. The topological polar surface area (TPSA) is 51.4 Å². The van der Waals surface area contributed by atoms with E-state index in [1.165, 1.54) is 22.0 Å². The van der Waals surface area contributed by atoms with Gasteiger partial charge in [0.05, 0.1) is 4.60 Å². The maximum absolute atomic E-state index is 12.5. The minimum atomic E-state index is 0.0611. The first-order valence-electron chi connectivity index (χ1n) is 9.58. The highest BCUT2D eigenvalue weighted by Gasteiger charge is 2.40. The van der Waals surface area contributed by atoms with Crippen LogP contribution in [-0.4, -0.2) is 59.6 Å². The molecule has 1 aliphatic carbocycles. The maximum Gasteiger partial charge on any atom is 0.317 e. The summed E-state index contributed by atoms with van der Waals surface area (Å²) >= 11 is 3.71. The van der Waals surface area contributed by atoms with E-state index in [1.54, 1.807) is 0 Å². The van der Waals surface area contributed by atoms with Crippen molar-refractivity contribution in [2.24, 2.45) is 0 Å². The van der Waals surface area contributed by atoms with E-state index in [9.17, 15) is 4.79 Å². The zero-order valence-corrected chi connectivity index (χ0v) is 17.3. The number of rotatable bonds is 3. The third-order valence-electron chi connectivity index (χ3n) is 6.18. The third-order valence-corrected chi connectivity index (χ3v) is 6.85. The molecule has 1 aromatic heterocycles. The van der Waals surface area contributed by atoms with E-state index < -0.39 is 0 Å². The molecule has 0 radical (unpaired) electrons. The summed E-state index contributed by atoms with van der Waals surface area (Å²) in [7, 11) is 2.19. The molecule has 2 unspecified atom stereocenters. The van der Waals surface area contributed by atoms with Crippen LogP contribution in [0, 0.1) is 0 Å². The second-order valence-electron chi connectivity index (χ2n) is 7.56. The fourth-order valence-corrected chi connectivity index (χ4v) is 5.44. The highest BCUT2D eigenvalue weighted by Crippen LogP contribution is 2.45. The van der Waals surface area contributed by atoms with E-state index in [-0.39, 0.29) is 12.1 Å². The monoisotopic (exact) mass is 418 g/mol. The van der Waals surface area contributed by atoms with Crippen molar-refractivity contribution in [1.29, 1.82) is 0 Å². The molecule has 5 nitrogen and oxygen atoms in total. The molecule has 1 aromatic carbocycles. The molecular weight excluding hydrogens is 392 g/mol. The second kappa shape index (κ2) is 6.89. The van der Waals surface area contributed by atoms with Gasteiger partial charge in [0, 0.05) is 48.5 Å². The van der Waals surface area contributed by atoms with Gasteiger partial charge in [0.2, 0.25) is 0 Å². The first-order chi connectivity index (χ1) is 12.5. The number of nitrogens with zero attached hydrogens (tertiary/aromatic N) is 2. The second-order valence-corrected chi connectivity index (χ2v) is 8.35. The molecule has 1 aliphatic heterocycles. The first kappa shape index (κ1) is 17.9.